The highest BCUT2D eigenvalue weighted by molar-refractivity contribution is 5.80. The monoisotopic (exact) mass is 198 g/mol. The van der Waals surface area contributed by atoms with E-state index in [1.807, 2.05) is 6.92 Å². The Bertz CT molecular complexity index is 213. The Morgan fingerprint density at radius 3 is 2.57 bits per heavy atom. The molecule has 0 aromatic carbocycles. The second-order valence-corrected chi connectivity index (χ2v) is 5.11. The maximum absolute atomic E-state index is 11.3. The van der Waals surface area contributed by atoms with E-state index in [2.05, 4.69) is 24.5 Å². The quantitative estimate of drug-likeness (QED) is 0.717. The molecule has 1 rings (SSSR count). The minimum absolute atomic E-state index is 0.0705. The van der Waals surface area contributed by atoms with E-state index in [1.54, 1.807) is 7.05 Å². The summed E-state index contributed by atoms with van der Waals surface area (Å²) in [6.45, 7) is 6.50. The summed E-state index contributed by atoms with van der Waals surface area (Å²) in [6, 6.07) is 0.441. The normalized spacial score (nSPS) is 27.3. The molecule has 0 spiro atoms. The van der Waals surface area contributed by atoms with Crippen molar-refractivity contribution < 1.29 is 4.79 Å². The molecule has 2 unspecified atom stereocenters. The molecule has 1 saturated carbocycles. The lowest BCUT2D eigenvalue weighted by Crippen LogP contribution is -2.45. The molecule has 0 aliphatic heterocycles. The van der Waals surface area contributed by atoms with Gasteiger partial charge in [-0.25, -0.2) is 0 Å². The molecule has 2 N–H and O–H groups in total. The Balaban J connectivity index is 2.36. The van der Waals surface area contributed by atoms with Crippen molar-refractivity contribution in [1.29, 1.82) is 0 Å². The van der Waals surface area contributed by atoms with Gasteiger partial charge in [-0.3, -0.25) is 4.79 Å². The van der Waals surface area contributed by atoms with Crippen molar-refractivity contribution in [2.75, 3.05) is 7.05 Å². The molecular weight excluding hydrogens is 176 g/mol. The van der Waals surface area contributed by atoms with Gasteiger partial charge in [0.25, 0.3) is 0 Å². The molecular formula is C11H22N2O. The SMILES string of the molecule is CNC(=O)C(C)NC1CCC(C)(C)C1. The number of rotatable bonds is 3. The molecule has 82 valence electrons. The molecule has 1 aliphatic rings. The van der Waals surface area contributed by atoms with Crippen LogP contribution < -0.4 is 10.6 Å². The number of likely N-dealkylation sites (N-methyl/N-ethyl adjacent to an activating group) is 1. The number of nitrogens with one attached hydrogen (secondary N) is 2. The van der Waals surface area contributed by atoms with Crippen LogP contribution in [0.2, 0.25) is 0 Å². The fraction of sp³-hybridized carbons (Fsp3) is 0.909. The summed E-state index contributed by atoms with van der Waals surface area (Å²) in [5, 5.41) is 6.03. The molecule has 1 amide bonds. The molecule has 0 saturated heterocycles. The van der Waals surface area contributed by atoms with Gasteiger partial charge in [0.05, 0.1) is 6.04 Å². The van der Waals surface area contributed by atoms with Crippen LogP contribution in [0, 0.1) is 5.41 Å². The van der Waals surface area contributed by atoms with Crippen molar-refractivity contribution in [3.8, 4) is 0 Å². The Hall–Kier alpha value is -0.570. The zero-order chi connectivity index (χ0) is 10.8. The lowest BCUT2D eigenvalue weighted by Gasteiger charge is -2.20. The van der Waals surface area contributed by atoms with Gasteiger partial charge >= 0.3 is 0 Å². The van der Waals surface area contributed by atoms with Gasteiger partial charge in [-0.05, 0) is 31.6 Å². The number of amides is 1. The third-order valence-electron chi connectivity index (χ3n) is 3.09. The van der Waals surface area contributed by atoms with Crippen LogP contribution in [0.15, 0.2) is 0 Å². The second-order valence-electron chi connectivity index (χ2n) is 5.11. The average molecular weight is 198 g/mol. The van der Waals surface area contributed by atoms with E-state index in [4.69, 9.17) is 0 Å². The molecule has 0 aromatic rings. The topological polar surface area (TPSA) is 41.1 Å². The van der Waals surface area contributed by atoms with Gasteiger partial charge in [-0.15, -0.1) is 0 Å². The minimum atomic E-state index is -0.0705. The molecule has 3 heteroatoms. The first-order valence-corrected chi connectivity index (χ1v) is 5.42. The van der Waals surface area contributed by atoms with E-state index in [9.17, 15) is 4.79 Å². The summed E-state index contributed by atoms with van der Waals surface area (Å²) >= 11 is 0. The summed E-state index contributed by atoms with van der Waals surface area (Å²) in [5.41, 5.74) is 0.445. The average Bonchev–Trinajstić information content (AvgIpc) is 2.44. The highest BCUT2D eigenvalue weighted by Crippen LogP contribution is 2.36. The predicted octanol–water partition coefficient (Wildman–Crippen LogP) is 1.29. The van der Waals surface area contributed by atoms with Crippen LogP contribution >= 0.6 is 0 Å². The van der Waals surface area contributed by atoms with Crippen LogP contribution in [0.5, 0.6) is 0 Å². The van der Waals surface area contributed by atoms with Crippen molar-refractivity contribution in [1.82, 2.24) is 10.6 Å². The van der Waals surface area contributed by atoms with Crippen molar-refractivity contribution in [2.45, 2.75) is 52.1 Å². The van der Waals surface area contributed by atoms with Gasteiger partial charge in [-0.2, -0.15) is 0 Å². The lowest BCUT2D eigenvalue weighted by molar-refractivity contribution is -0.122. The summed E-state index contributed by atoms with van der Waals surface area (Å²) < 4.78 is 0. The molecule has 0 aromatic heterocycles. The van der Waals surface area contributed by atoms with Gasteiger partial charge in [0.2, 0.25) is 5.91 Å². The Morgan fingerprint density at radius 1 is 1.50 bits per heavy atom. The predicted molar refractivity (Wildman–Crippen MR) is 58.1 cm³/mol. The molecule has 0 heterocycles. The highest BCUT2D eigenvalue weighted by atomic mass is 16.2. The fourth-order valence-electron chi connectivity index (χ4n) is 2.22. The van der Waals surface area contributed by atoms with E-state index >= 15 is 0 Å². The summed E-state index contributed by atoms with van der Waals surface area (Å²) in [7, 11) is 1.68. The van der Waals surface area contributed by atoms with Gasteiger partial charge < -0.3 is 10.6 Å². The van der Waals surface area contributed by atoms with E-state index in [-0.39, 0.29) is 11.9 Å². The number of hydrogen-bond donors (Lipinski definition) is 2. The van der Waals surface area contributed by atoms with Crippen LogP contribution in [-0.2, 0) is 4.79 Å². The highest BCUT2D eigenvalue weighted by Gasteiger charge is 2.31. The van der Waals surface area contributed by atoms with E-state index < -0.39 is 0 Å². The van der Waals surface area contributed by atoms with Crippen LogP contribution in [0.3, 0.4) is 0 Å². The van der Waals surface area contributed by atoms with Crippen molar-refractivity contribution in [3.63, 3.8) is 0 Å². The Labute approximate surface area is 86.6 Å². The third-order valence-corrected chi connectivity index (χ3v) is 3.09. The summed E-state index contributed by atoms with van der Waals surface area (Å²) in [4.78, 5) is 11.3. The van der Waals surface area contributed by atoms with Gasteiger partial charge in [-0.1, -0.05) is 13.8 Å². The smallest absolute Gasteiger partial charge is 0.236 e. The number of carbonyl (C=O) groups is 1. The first-order valence-electron chi connectivity index (χ1n) is 5.42. The van der Waals surface area contributed by atoms with E-state index in [0.717, 1.165) is 0 Å². The molecule has 0 bridgehead atoms. The molecule has 1 fully saturated rings. The molecule has 3 nitrogen and oxygen atoms in total. The Kier molecular flexibility index (Phi) is 3.53. The first-order chi connectivity index (χ1) is 6.44. The molecule has 14 heavy (non-hydrogen) atoms. The maximum atomic E-state index is 11.3. The molecule has 0 radical (unpaired) electrons. The van der Waals surface area contributed by atoms with Gasteiger partial charge in [0, 0.05) is 13.1 Å². The Morgan fingerprint density at radius 2 is 2.14 bits per heavy atom. The van der Waals surface area contributed by atoms with Crippen LogP contribution in [0.25, 0.3) is 0 Å². The van der Waals surface area contributed by atoms with E-state index in [1.165, 1.54) is 19.3 Å². The van der Waals surface area contributed by atoms with Gasteiger partial charge in [0.15, 0.2) is 0 Å². The van der Waals surface area contributed by atoms with Crippen molar-refractivity contribution in [3.05, 3.63) is 0 Å². The van der Waals surface area contributed by atoms with Crippen LogP contribution in [0.4, 0.5) is 0 Å². The number of carbonyl (C=O) groups excluding carboxylic acids is 1. The zero-order valence-corrected chi connectivity index (χ0v) is 9.68. The third kappa shape index (κ3) is 2.98. The summed E-state index contributed by atoms with van der Waals surface area (Å²) in [5.74, 6) is 0.0784. The zero-order valence-electron chi connectivity index (χ0n) is 9.68. The van der Waals surface area contributed by atoms with Gasteiger partial charge in [0.1, 0.15) is 0 Å². The molecule has 2 atom stereocenters. The molecule has 1 aliphatic carbocycles. The fourth-order valence-corrected chi connectivity index (χ4v) is 2.22. The van der Waals surface area contributed by atoms with Crippen molar-refractivity contribution >= 4 is 5.91 Å². The second kappa shape index (κ2) is 4.30. The largest absolute Gasteiger partial charge is 0.358 e. The summed E-state index contributed by atoms with van der Waals surface area (Å²) in [6.07, 6.45) is 3.62. The standard InChI is InChI=1S/C11H22N2O/c1-8(10(14)12-4)13-9-5-6-11(2,3)7-9/h8-9,13H,5-7H2,1-4H3,(H,12,14). The lowest BCUT2D eigenvalue weighted by atomic mass is 9.92. The number of hydrogen-bond acceptors (Lipinski definition) is 2. The minimum Gasteiger partial charge on any atom is -0.358 e. The van der Waals surface area contributed by atoms with Crippen LogP contribution in [0.1, 0.15) is 40.0 Å². The van der Waals surface area contributed by atoms with E-state index in [0.29, 0.717) is 11.5 Å². The van der Waals surface area contributed by atoms with Crippen LogP contribution in [-0.4, -0.2) is 25.0 Å². The first kappa shape index (κ1) is 11.5. The maximum Gasteiger partial charge on any atom is 0.236 e. The van der Waals surface area contributed by atoms with Crippen molar-refractivity contribution in [2.24, 2.45) is 5.41 Å².